The summed E-state index contributed by atoms with van der Waals surface area (Å²) in [6.07, 6.45) is 2.01. The fourth-order valence-electron chi connectivity index (χ4n) is 4.07. The molecule has 1 fully saturated rings. The predicted octanol–water partition coefficient (Wildman–Crippen LogP) is 3.18. The molecule has 2 heterocycles. The van der Waals surface area contributed by atoms with E-state index >= 15 is 0 Å². The standard InChI is InChI=1S/C21H20FN3O4/c22-17-6-3-15(4-7-17)20(26)23-10-1-2-16(13-23)21(27)24-11-9-14-5-8-18(25(28)29)12-19(14)24/h3-8,12,16H,1-2,9-11,13H2. The molecular weight excluding hydrogens is 377 g/mol. The Morgan fingerprint density at radius 2 is 1.86 bits per heavy atom. The molecule has 8 heteroatoms. The van der Waals surface area contributed by atoms with Crippen LogP contribution in [0.3, 0.4) is 0 Å². The molecule has 0 aromatic heterocycles. The van der Waals surface area contributed by atoms with Gasteiger partial charge in [-0.3, -0.25) is 19.7 Å². The SMILES string of the molecule is O=C(c1ccc(F)cc1)N1CCCC(C(=O)N2CCc3ccc([N+](=O)[O-])cc32)C1. The highest BCUT2D eigenvalue weighted by Gasteiger charge is 2.35. The van der Waals surface area contributed by atoms with Crippen molar-refractivity contribution in [3.63, 3.8) is 0 Å². The molecule has 1 atom stereocenters. The van der Waals surface area contributed by atoms with Gasteiger partial charge in [0.1, 0.15) is 5.82 Å². The summed E-state index contributed by atoms with van der Waals surface area (Å²) in [6.45, 7) is 1.32. The van der Waals surface area contributed by atoms with Crippen LogP contribution in [-0.2, 0) is 11.2 Å². The minimum atomic E-state index is -0.467. The van der Waals surface area contributed by atoms with Crippen LogP contribution in [0.2, 0.25) is 0 Å². The Labute approximate surface area is 166 Å². The average Bonchev–Trinajstić information content (AvgIpc) is 3.16. The number of non-ortho nitro benzene ring substituents is 1. The summed E-state index contributed by atoms with van der Waals surface area (Å²) < 4.78 is 13.1. The van der Waals surface area contributed by atoms with Crippen LogP contribution in [0.25, 0.3) is 0 Å². The monoisotopic (exact) mass is 397 g/mol. The number of hydrogen-bond donors (Lipinski definition) is 0. The molecule has 1 unspecified atom stereocenters. The van der Waals surface area contributed by atoms with Crippen molar-refractivity contribution in [2.24, 2.45) is 5.92 Å². The number of piperidine rings is 1. The molecule has 2 aliphatic heterocycles. The summed E-state index contributed by atoms with van der Waals surface area (Å²) in [4.78, 5) is 39.7. The van der Waals surface area contributed by atoms with Gasteiger partial charge < -0.3 is 9.80 Å². The van der Waals surface area contributed by atoms with Gasteiger partial charge in [-0.2, -0.15) is 0 Å². The first-order chi connectivity index (χ1) is 13.9. The lowest BCUT2D eigenvalue weighted by atomic mass is 9.95. The number of anilines is 1. The molecule has 150 valence electrons. The lowest BCUT2D eigenvalue weighted by molar-refractivity contribution is -0.384. The van der Waals surface area contributed by atoms with E-state index < -0.39 is 10.7 Å². The van der Waals surface area contributed by atoms with Gasteiger partial charge in [-0.05, 0) is 49.1 Å². The molecule has 0 radical (unpaired) electrons. The van der Waals surface area contributed by atoms with Gasteiger partial charge in [0, 0.05) is 37.3 Å². The Bertz CT molecular complexity index is 976. The second-order valence-corrected chi connectivity index (χ2v) is 7.41. The maximum Gasteiger partial charge on any atom is 0.271 e. The molecule has 0 spiro atoms. The summed E-state index contributed by atoms with van der Waals surface area (Å²) in [7, 11) is 0. The number of likely N-dealkylation sites (tertiary alicyclic amines) is 1. The minimum absolute atomic E-state index is 0.0415. The van der Waals surface area contributed by atoms with Gasteiger partial charge in [-0.1, -0.05) is 6.07 Å². The normalized spacial score (nSPS) is 18.4. The number of benzene rings is 2. The topological polar surface area (TPSA) is 83.8 Å². The van der Waals surface area contributed by atoms with Gasteiger partial charge in [0.05, 0.1) is 16.5 Å². The quantitative estimate of drug-likeness (QED) is 0.588. The number of rotatable bonds is 3. The number of nitro benzene ring substituents is 1. The first-order valence-corrected chi connectivity index (χ1v) is 9.57. The summed E-state index contributed by atoms with van der Waals surface area (Å²) in [6, 6.07) is 9.98. The van der Waals surface area contributed by atoms with Gasteiger partial charge in [0.2, 0.25) is 5.91 Å². The molecular formula is C21H20FN3O4. The van der Waals surface area contributed by atoms with Crippen molar-refractivity contribution in [1.29, 1.82) is 0 Å². The Balaban J connectivity index is 1.50. The van der Waals surface area contributed by atoms with Crippen LogP contribution in [0.4, 0.5) is 15.8 Å². The third kappa shape index (κ3) is 3.70. The number of hydrogen-bond acceptors (Lipinski definition) is 4. The largest absolute Gasteiger partial charge is 0.338 e. The number of amides is 2. The van der Waals surface area contributed by atoms with E-state index in [-0.39, 0.29) is 30.0 Å². The number of nitro groups is 1. The van der Waals surface area contributed by atoms with Gasteiger partial charge in [0.15, 0.2) is 0 Å². The zero-order chi connectivity index (χ0) is 20.5. The number of carbonyl (C=O) groups is 2. The molecule has 2 amide bonds. The van der Waals surface area contributed by atoms with Crippen LogP contribution >= 0.6 is 0 Å². The highest BCUT2D eigenvalue weighted by molar-refractivity contribution is 5.99. The van der Waals surface area contributed by atoms with Crippen LogP contribution in [0, 0.1) is 21.8 Å². The van der Waals surface area contributed by atoms with E-state index in [4.69, 9.17) is 0 Å². The zero-order valence-electron chi connectivity index (χ0n) is 15.7. The smallest absolute Gasteiger partial charge is 0.271 e. The molecule has 0 saturated carbocycles. The Morgan fingerprint density at radius 1 is 1.10 bits per heavy atom. The number of fused-ring (bicyclic) bond motifs is 1. The first kappa shape index (κ1) is 19.0. The summed E-state index contributed by atoms with van der Waals surface area (Å²) in [5, 5.41) is 11.1. The van der Waals surface area contributed by atoms with Crippen molar-refractivity contribution < 1.29 is 18.9 Å². The van der Waals surface area contributed by atoms with Crippen LogP contribution in [0.5, 0.6) is 0 Å². The minimum Gasteiger partial charge on any atom is -0.338 e. The number of carbonyl (C=O) groups excluding carboxylic acids is 2. The highest BCUT2D eigenvalue weighted by Crippen LogP contribution is 2.34. The Morgan fingerprint density at radius 3 is 2.59 bits per heavy atom. The summed E-state index contributed by atoms with van der Waals surface area (Å²) in [5.41, 5.74) is 1.85. The van der Waals surface area contributed by atoms with Crippen LogP contribution in [-0.4, -0.2) is 41.3 Å². The van der Waals surface area contributed by atoms with Crippen molar-refractivity contribution in [2.75, 3.05) is 24.5 Å². The van der Waals surface area contributed by atoms with E-state index in [1.165, 1.54) is 36.4 Å². The summed E-state index contributed by atoms with van der Waals surface area (Å²) in [5.74, 6) is -1.10. The second kappa shape index (κ2) is 7.62. The van der Waals surface area contributed by atoms with Gasteiger partial charge in [0.25, 0.3) is 11.6 Å². The van der Waals surface area contributed by atoms with E-state index in [0.29, 0.717) is 43.6 Å². The van der Waals surface area contributed by atoms with Crippen molar-refractivity contribution in [3.8, 4) is 0 Å². The van der Waals surface area contributed by atoms with Crippen LogP contribution < -0.4 is 4.90 Å². The van der Waals surface area contributed by atoms with Crippen molar-refractivity contribution in [1.82, 2.24) is 4.90 Å². The highest BCUT2D eigenvalue weighted by atomic mass is 19.1. The average molecular weight is 397 g/mol. The van der Waals surface area contributed by atoms with Gasteiger partial charge in [-0.15, -0.1) is 0 Å². The van der Waals surface area contributed by atoms with E-state index in [1.807, 2.05) is 0 Å². The third-order valence-corrected chi connectivity index (χ3v) is 5.59. The lowest BCUT2D eigenvalue weighted by Crippen LogP contribution is -2.46. The van der Waals surface area contributed by atoms with Gasteiger partial charge in [-0.25, -0.2) is 4.39 Å². The molecule has 2 aliphatic rings. The van der Waals surface area contributed by atoms with Crippen molar-refractivity contribution in [3.05, 3.63) is 69.5 Å². The fourth-order valence-corrected chi connectivity index (χ4v) is 4.07. The molecule has 0 N–H and O–H groups in total. The predicted molar refractivity (Wildman–Crippen MR) is 104 cm³/mol. The number of halogens is 1. The molecule has 7 nitrogen and oxygen atoms in total. The lowest BCUT2D eigenvalue weighted by Gasteiger charge is -2.34. The van der Waals surface area contributed by atoms with Crippen molar-refractivity contribution in [2.45, 2.75) is 19.3 Å². The molecule has 2 aromatic rings. The van der Waals surface area contributed by atoms with Crippen molar-refractivity contribution >= 4 is 23.2 Å². The van der Waals surface area contributed by atoms with Crippen LogP contribution in [0.1, 0.15) is 28.8 Å². The molecule has 0 aliphatic carbocycles. The van der Waals surface area contributed by atoms with Crippen LogP contribution in [0.15, 0.2) is 42.5 Å². The van der Waals surface area contributed by atoms with E-state index in [1.54, 1.807) is 15.9 Å². The van der Waals surface area contributed by atoms with Gasteiger partial charge >= 0.3 is 0 Å². The Kier molecular flexibility index (Phi) is 5.00. The molecule has 4 rings (SSSR count). The maximum absolute atomic E-state index is 13.2. The second-order valence-electron chi connectivity index (χ2n) is 7.41. The zero-order valence-corrected chi connectivity index (χ0v) is 15.7. The Hall–Kier alpha value is -3.29. The number of nitrogens with zero attached hydrogens (tertiary/aromatic N) is 3. The fraction of sp³-hybridized carbons (Fsp3) is 0.333. The summed E-state index contributed by atoms with van der Waals surface area (Å²) >= 11 is 0. The van der Waals surface area contributed by atoms with E-state index in [9.17, 15) is 24.1 Å². The molecule has 29 heavy (non-hydrogen) atoms. The molecule has 0 bridgehead atoms. The molecule has 1 saturated heterocycles. The third-order valence-electron chi connectivity index (χ3n) is 5.59. The first-order valence-electron chi connectivity index (χ1n) is 9.57. The molecule has 2 aromatic carbocycles. The van der Waals surface area contributed by atoms with E-state index in [2.05, 4.69) is 0 Å². The maximum atomic E-state index is 13.2. The van der Waals surface area contributed by atoms with E-state index in [0.717, 1.165) is 5.56 Å².